The second-order valence-electron chi connectivity index (χ2n) is 3.64. The van der Waals surface area contributed by atoms with Crippen LogP contribution in [0.5, 0.6) is 0 Å². The van der Waals surface area contributed by atoms with E-state index in [1.807, 2.05) is 12.1 Å². The van der Waals surface area contributed by atoms with Gasteiger partial charge in [0.15, 0.2) is 0 Å². The zero-order chi connectivity index (χ0) is 12.7. The van der Waals surface area contributed by atoms with Crippen molar-refractivity contribution in [1.29, 1.82) is 0 Å². The van der Waals surface area contributed by atoms with Crippen molar-refractivity contribution in [2.24, 2.45) is 0 Å². The summed E-state index contributed by atoms with van der Waals surface area (Å²) in [5, 5.41) is 0.975. The molecule has 0 aromatic heterocycles. The monoisotopic (exact) mass is 318 g/mol. The van der Waals surface area contributed by atoms with Gasteiger partial charge in [-0.2, -0.15) is 0 Å². The molecule has 0 N–H and O–H groups in total. The number of hydrogen-bond acceptors (Lipinski definition) is 2. The van der Waals surface area contributed by atoms with Gasteiger partial charge in [-0.1, -0.05) is 28.1 Å². The molecule has 4 heteroatoms. The van der Waals surface area contributed by atoms with Crippen LogP contribution >= 0.6 is 27.5 Å². The Bertz CT molecular complexity index is 380. The Labute approximate surface area is 115 Å². The quantitative estimate of drug-likeness (QED) is 0.586. The van der Waals surface area contributed by atoms with E-state index in [0.29, 0.717) is 18.1 Å². The maximum atomic E-state index is 11.7. The van der Waals surface area contributed by atoms with Gasteiger partial charge >= 0.3 is 5.97 Å². The van der Waals surface area contributed by atoms with E-state index in [0.717, 1.165) is 23.7 Å². The lowest BCUT2D eigenvalue weighted by atomic mass is 10.0. The third-order valence-corrected chi connectivity index (χ3v) is 3.26. The average molecular weight is 320 g/mol. The normalized spacial score (nSPS) is 10.3. The summed E-state index contributed by atoms with van der Waals surface area (Å²) in [5.41, 5.74) is 2.62. The molecule has 0 radical (unpaired) electrons. The van der Waals surface area contributed by atoms with Crippen molar-refractivity contribution >= 4 is 33.5 Å². The Morgan fingerprint density at radius 3 is 2.82 bits per heavy atom. The molecule has 1 rings (SSSR count). The van der Waals surface area contributed by atoms with Crippen LogP contribution in [0.1, 0.15) is 34.8 Å². The lowest BCUT2D eigenvalue weighted by Crippen LogP contribution is -2.08. The largest absolute Gasteiger partial charge is 0.462 e. The Balaban J connectivity index is 2.88. The second kappa shape index (κ2) is 7.72. The van der Waals surface area contributed by atoms with E-state index in [4.69, 9.17) is 16.3 Å². The molecule has 1 aromatic carbocycles. The molecule has 0 fully saturated rings. The van der Waals surface area contributed by atoms with Crippen LogP contribution in [0, 0.1) is 0 Å². The maximum Gasteiger partial charge on any atom is 0.338 e. The van der Waals surface area contributed by atoms with Gasteiger partial charge in [0.05, 0.1) is 12.2 Å². The number of rotatable bonds is 6. The minimum atomic E-state index is -0.296. The number of carbonyl (C=O) groups excluding carboxylic acids is 1. The Kier molecular flexibility index (Phi) is 6.60. The highest BCUT2D eigenvalue weighted by Gasteiger charge is 2.12. The smallest absolute Gasteiger partial charge is 0.338 e. The Morgan fingerprint density at radius 1 is 1.47 bits per heavy atom. The Hall–Kier alpha value is -0.540. The summed E-state index contributed by atoms with van der Waals surface area (Å²) >= 11 is 9.27. The van der Waals surface area contributed by atoms with Crippen LogP contribution in [0.3, 0.4) is 0 Å². The molecule has 1 aromatic rings. The van der Waals surface area contributed by atoms with Crippen molar-refractivity contribution in [3.63, 3.8) is 0 Å². The predicted molar refractivity (Wildman–Crippen MR) is 74.1 cm³/mol. The first-order valence-corrected chi connectivity index (χ1v) is 7.29. The van der Waals surface area contributed by atoms with Gasteiger partial charge in [-0.25, -0.2) is 4.79 Å². The maximum absolute atomic E-state index is 11.7. The highest BCUT2D eigenvalue weighted by atomic mass is 79.9. The number of benzene rings is 1. The molecule has 0 saturated carbocycles. The van der Waals surface area contributed by atoms with E-state index < -0.39 is 0 Å². The molecular formula is C13H16BrClO2. The Morgan fingerprint density at radius 2 is 2.24 bits per heavy atom. The molecule has 0 aliphatic carbocycles. The van der Waals surface area contributed by atoms with Crippen molar-refractivity contribution in [2.75, 3.05) is 11.9 Å². The number of aryl methyl sites for hydroxylation is 1. The van der Waals surface area contributed by atoms with E-state index in [2.05, 4.69) is 15.9 Å². The van der Waals surface area contributed by atoms with Gasteiger partial charge in [0.25, 0.3) is 0 Å². The first-order chi connectivity index (χ1) is 8.22. The van der Waals surface area contributed by atoms with Crippen LogP contribution in [-0.4, -0.2) is 17.9 Å². The minimum Gasteiger partial charge on any atom is -0.462 e. The van der Waals surface area contributed by atoms with Crippen LogP contribution in [0.2, 0.25) is 0 Å². The van der Waals surface area contributed by atoms with Gasteiger partial charge in [-0.15, -0.1) is 11.6 Å². The summed E-state index contributed by atoms with van der Waals surface area (Å²) < 4.78 is 4.99. The van der Waals surface area contributed by atoms with Gasteiger partial charge < -0.3 is 4.74 Å². The molecule has 0 unspecified atom stereocenters. The summed E-state index contributed by atoms with van der Waals surface area (Å²) in [5.74, 6) is 0.0335. The van der Waals surface area contributed by atoms with Gasteiger partial charge in [0.2, 0.25) is 0 Å². The third-order valence-electron chi connectivity index (χ3n) is 2.41. The number of alkyl halides is 2. The first-order valence-electron chi connectivity index (χ1n) is 5.63. The molecule has 94 valence electrons. The lowest BCUT2D eigenvalue weighted by Gasteiger charge is -2.08. The molecule has 2 nitrogen and oxygen atoms in total. The van der Waals surface area contributed by atoms with Gasteiger partial charge in [0, 0.05) is 11.2 Å². The number of ether oxygens (including phenoxy) is 1. The molecule has 0 saturated heterocycles. The fourth-order valence-corrected chi connectivity index (χ4v) is 2.09. The molecule has 0 aliphatic rings. The molecule has 0 atom stereocenters. The lowest BCUT2D eigenvalue weighted by molar-refractivity contribution is 0.0525. The van der Waals surface area contributed by atoms with Crippen LogP contribution < -0.4 is 0 Å². The molecule has 0 bridgehead atoms. The summed E-state index contributed by atoms with van der Waals surface area (Å²) in [6.45, 7) is 2.18. The zero-order valence-electron chi connectivity index (χ0n) is 9.84. The van der Waals surface area contributed by atoms with Crippen molar-refractivity contribution in [1.82, 2.24) is 0 Å². The van der Waals surface area contributed by atoms with E-state index in [1.54, 1.807) is 13.0 Å². The highest BCUT2D eigenvalue weighted by molar-refractivity contribution is 9.09. The second-order valence-corrected chi connectivity index (χ2v) is 4.70. The molecule has 17 heavy (non-hydrogen) atoms. The van der Waals surface area contributed by atoms with Crippen molar-refractivity contribution in [2.45, 2.75) is 25.6 Å². The summed E-state index contributed by atoms with van der Waals surface area (Å²) in [4.78, 5) is 11.7. The van der Waals surface area contributed by atoms with Gasteiger partial charge in [-0.05, 0) is 37.0 Å². The van der Waals surface area contributed by atoms with Crippen molar-refractivity contribution in [3.05, 3.63) is 34.9 Å². The van der Waals surface area contributed by atoms with Crippen LogP contribution in [0.4, 0.5) is 0 Å². The molecule has 0 amide bonds. The number of carbonyl (C=O) groups is 1. The summed E-state index contributed by atoms with van der Waals surface area (Å²) in [6.07, 6.45) is 2.05. The number of halogens is 2. The summed E-state index contributed by atoms with van der Waals surface area (Å²) in [7, 11) is 0. The minimum absolute atomic E-state index is 0.296. The van der Waals surface area contributed by atoms with Crippen LogP contribution in [-0.2, 0) is 17.0 Å². The van der Waals surface area contributed by atoms with Crippen LogP contribution in [0.15, 0.2) is 18.2 Å². The fourth-order valence-electron chi connectivity index (χ4n) is 1.59. The van der Waals surface area contributed by atoms with Gasteiger partial charge in [0.1, 0.15) is 0 Å². The molecule has 0 heterocycles. The third kappa shape index (κ3) is 4.32. The van der Waals surface area contributed by atoms with E-state index in [-0.39, 0.29) is 5.97 Å². The van der Waals surface area contributed by atoms with E-state index >= 15 is 0 Å². The zero-order valence-corrected chi connectivity index (χ0v) is 12.2. The SMILES string of the molecule is CCOC(=O)c1ccc(CCCBr)cc1CCl. The highest BCUT2D eigenvalue weighted by Crippen LogP contribution is 2.17. The molecular weight excluding hydrogens is 303 g/mol. The first kappa shape index (κ1) is 14.5. The van der Waals surface area contributed by atoms with Crippen molar-refractivity contribution in [3.8, 4) is 0 Å². The molecule has 0 spiro atoms. The topological polar surface area (TPSA) is 26.3 Å². The standard InChI is InChI=1S/C13H16BrClO2/c1-2-17-13(16)12-6-5-10(4-3-7-14)8-11(12)9-15/h5-6,8H,2-4,7,9H2,1H3. The van der Waals surface area contributed by atoms with E-state index in [1.165, 1.54) is 5.56 Å². The van der Waals surface area contributed by atoms with E-state index in [9.17, 15) is 4.79 Å². The predicted octanol–water partition coefficient (Wildman–Crippen LogP) is 3.93. The molecule has 0 aliphatic heterocycles. The average Bonchev–Trinajstić information content (AvgIpc) is 2.36. The summed E-state index contributed by atoms with van der Waals surface area (Å²) in [6, 6.07) is 5.76. The number of hydrogen-bond donors (Lipinski definition) is 0. The van der Waals surface area contributed by atoms with Crippen LogP contribution in [0.25, 0.3) is 0 Å². The van der Waals surface area contributed by atoms with Crippen molar-refractivity contribution < 1.29 is 9.53 Å². The fraction of sp³-hybridized carbons (Fsp3) is 0.462. The van der Waals surface area contributed by atoms with Gasteiger partial charge in [-0.3, -0.25) is 0 Å². The number of esters is 1.